The topological polar surface area (TPSA) is 54.9 Å². The smallest absolute Gasteiger partial charge is 0.230 e. The Morgan fingerprint density at radius 2 is 1.62 bits per heavy atom. The summed E-state index contributed by atoms with van der Waals surface area (Å²) in [7, 11) is 0. The highest BCUT2D eigenvalue weighted by molar-refractivity contribution is 8.00. The van der Waals surface area contributed by atoms with Crippen LogP contribution in [0.1, 0.15) is 18.9 Å². The number of thioether (sulfide) groups is 1. The molecule has 4 nitrogen and oxygen atoms in total. The first kappa shape index (κ1) is 22.0. The van der Waals surface area contributed by atoms with E-state index in [1.54, 1.807) is 12.1 Å². The summed E-state index contributed by atoms with van der Waals surface area (Å²) in [5.74, 6) is -0.0456. The van der Waals surface area contributed by atoms with Crippen molar-refractivity contribution in [1.82, 2.24) is 15.5 Å². The Labute approximate surface area is 191 Å². The second-order valence-electron chi connectivity index (χ2n) is 7.69. The lowest BCUT2D eigenvalue weighted by molar-refractivity contribution is -0.119. The highest BCUT2D eigenvalue weighted by Gasteiger charge is 2.14. The number of nitrogens with one attached hydrogen (secondary N) is 1. The van der Waals surface area contributed by atoms with Crippen molar-refractivity contribution in [3.05, 3.63) is 90.2 Å². The molecule has 0 fully saturated rings. The third-order valence-electron chi connectivity index (χ3n) is 5.23. The lowest BCUT2D eigenvalue weighted by Gasteiger charge is -2.14. The van der Waals surface area contributed by atoms with E-state index >= 15 is 0 Å². The summed E-state index contributed by atoms with van der Waals surface area (Å²) >= 11 is 1.38. The van der Waals surface area contributed by atoms with E-state index in [-0.39, 0.29) is 23.5 Å². The van der Waals surface area contributed by atoms with Crippen LogP contribution in [0, 0.1) is 5.82 Å². The molecule has 1 unspecified atom stereocenters. The third-order valence-corrected chi connectivity index (χ3v) is 6.21. The van der Waals surface area contributed by atoms with Crippen LogP contribution < -0.4 is 5.32 Å². The Morgan fingerprint density at radius 1 is 0.938 bits per heavy atom. The zero-order chi connectivity index (χ0) is 22.3. The third kappa shape index (κ3) is 5.51. The van der Waals surface area contributed by atoms with E-state index in [4.69, 9.17) is 0 Å². The fourth-order valence-electron chi connectivity index (χ4n) is 3.56. The zero-order valence-electron chi connectivity index (χ0n) is 17.8. The van der Waals surface area contributed by atoms with Crippen LogP contribution in [0.5, 0.6) is 0 Å². The van der Waals surface area contributed by atoms with E-state index in [1.165, 1.54) is 29.5 Å². The number of hydrogen-bond donors (Lipinski definition) is 1. The van der Waals surface area contributed by atoms with Crippen LogP contribution >= 0.6 is 11.8 Å². The van der Waals surface area contributed by atoms with Crippen molar-refractivity contribution >= 4 is 28.4 Å². The van der Waals surface area contributed by atoms with E-state index < -0.39 is 0 Å². The molecule has 1 aromatic heterocycles. The van der Waals surface area contributed by atoms with Crippen molar-refractivity contribution in [3.8, 4) is 11.3 Å². The molecule has 1 atom stereocenters. The number of hydrogen-bond acceptors (Lipinski definition) is 4. The maximum absolute atomic E-state index is 13.3. The lowest BCUT2D eigenvalue weighted by atomic mass is 10.1. The standard InChI is InChI=1S/C26H24FN3OS/c1-18(11-12-19-7-3-2-4-8-19)28-24(31)17-32-26-23-10-6-5-9-22(23)25(29-30-26)20-13-15-21(27)16-14-20/h2-10,13-16,18H,11-12,17H2,1H3,(H,28,31). The van der Waals surface area contributed by atoms with Crippen molar-refractivity contribution in [2.75, 3.05) is 5.75 Å². The molecule has 4 rings (SSSR count). The Hall–Kier alpha value is -3.25. The normalized spacial score (nSPS) is 11.9. The number of amides is 1. The van der Waals surface area contributed by atoms with E-state index in [1.807, 2.05) is 49.4 Å². The van der Waals surface area contributed by atoms with Crippen LogP contribution in [0.3, 0.4) is 0 Å². The Bertz CT molecular complexity index is 1200. The molecule has 4 aromatic rings. The minimum Gasteiger partial charge on any atom is -0.353 e. The molecule has 0 aliphatic heterocycles. The van der Waals surface area contributed by atoms with Crippen molar-refractivity contribution < 1.29 is 9.18 Å². The summed E-state index contributed by atoms with van der Waals surface area (Å²) in [6, 6.07) is 24.4. The predicted molar refractivity (Wildman–Crippen MR) is 128 cm³/mol. The quantitative estimate of drug-likeness (QED) is 0.355. The number of fused-ring (bicyclic) bond motifs is 1. The van der Waals surface area contributed by atoms with Crippen LogP contribution in [-0.2, 0) is 11.2 Å². The number of nitrogens with zero attached hydrogens (tertiary/aromatic N) is 2. The number of benzene rings is 3. The SMILES string of the molecule is CC(CCc1ccccc1)NC(=O)CSc1nnc(-c2ccc(F)cc2)c2ccccc12. The first-order valence-electron chi connectivity index (χ1n) is 10.6. The van der Waals surface area contributed by atoms with Gasteiger partial charge in [-0.25, -0.2) is 4.39 Å². The number of carbonyl (C=O) groups excluding carboxylic acids is 1. The zero-order valence-corrected chi connectivity index (χ0v) is 18.6. The molecule has 0 saturated carbocycles. The number of carbonyl (C=O) groups is 1. The van der Waals surface area contributed by atoms with Gasteiger partial charge in [-0.2, -0.15) is 0 Å². The van der Waals surface area contributed by atoms with Gasteiger partial charge in [-0.15, -0.1) is 10.2 Å². The number of aromatic nitrogens is 2. The van der Waals surface area contributed by atoms with Crippen molar-refractivity contribution in [3.63, 3.8) is 0 Å². The van der Waals surface area contributed by atoms with Crippen LogP contribution in [0.4, 0.5) is 4.39 Å². The largest absolute Gasteiger partial charge is 0.353 e. The minimum absolute atomic E-state index is 0.0240. The molecule has 0 aliphatic carbocycles. The Morgan fingerprint density at radius 3 is 2.38 bits per heavy atom. The molecule has 0 saturated heterocycles. The molecule has 0 bridgehead atoms. The van der Waals surface area contributed by atoms with Crippen molar-refractivity contribution in [2.24, 2.45) is 0 Å². The van der Waals surface area contributed by atoms with Crippen LogP contribution in [-0.4, -0.2) is 27.9 Å². The minimum atomic E-state index is -0.290. The molecule has 0 radical (unpaired) electrons. The summed E-state index contributed by atoms with van der Waals surface area (Å²) < 4.78 is 13.3. The number of halogens is 1. The summed E-state index contributed by atoms with van der Waals surface area (Å²) in [6.45, 7) is 2.03. The van der Waals surface area contributed by atoms with Crippen LogP contribution in [0.2, 0.25) is 0 Å². The van der Waals surface area contributed by atoms with E-state index in [0.29, 0.717) is 10.7 Å². The van der Waals surface area contributed by atoms with Gasteiger partial charge >= 0.3 is 0 Å². The highest BCUT2D eigenvalue weighted by atomic mass is 32.2. The Balaban J connectivity index is 1.40. The van der Waals surface area contributed by atoms with Gasteiger partial charge in [-0.1, -0.05) is 66.4 Å². The molecule has 1 amide bonds. The summed E-state index contributed by atoms with van der Waals surface area (Å²) in [5.41, 5.74) is 2.77. The maximum Gasteiger partial charge on any atom is 0.230 e. The van der Waals surface area contributed by atoms with Gasteiger partial charge in [0.15, 0.2) is 0 Å². The second-order valence-corrected chi connectivity index (χ2v) is 8.65. The molecule has 6 heteroatoms. The fourth-order valence-corrected chi connectivity index (χ4v) is 4.34. The van der Waals surface area contributed by atoms with Crippen molar-refractivity contribution in [1.29, 1.82) is 0 Å². The van der Waals surface area contributed by atoms with Gasteiger partial charge in [0, 0.05) is 22.4 Å². The van der Waals surface area contributed by atoms with E-state index in [2.05, 4.69) is 27.6 Å². The average molecular weight is 446 g/mol. The Kier molecular flexibility index (Phi) is 7.12. The van der Waals surface area contributed by atoms with Gasteiger partial charge in [0.2, 0.25) is 5.91 Å². The van der Waals surface area contributed by atoms with Crippen molar-refractivity contribution in [2.45, 2.75) is 30.8 Å². The molecule has 0 spiro atoms. The first-order valence-corrected chi connectivity index (χ1v) is 11.6. The molecule has 3 aromatic carbocycles. The van der Waals surface area contributed by atoms with Gasteiger partial charge in [0.25, 0.3) is 0 Å². The van der Waals surface area contributed by atoms with E-state index in [9.17, 15) is 9.18 Å². The van der Waals surface area contributed by atoms with Gasteiger partial charge < -0.3 is 5.32 Å². The van der Waals surface area contributed by atoms with Crippen LogP contribution in [0.15, 0.2) is 83.9 Å². The summed E-state index contributed by atoms with van der Waals surface area (Å²) in [4.78, 5) is 12.5. The molecular weight excluding hydrogens is 421 g/mol. The summed E-state index contributed by atoms with van der Waals surface area (Å²) in [6.07, 6.45) is 1.81. The number of rotatable bonds is 8. The lowest BCUT2D eigenvalue weighted by Crippen LogP contribution is -2.34. The molecule has 32 heavy (non-hydrogen) atoms. The molecule has 0 aliphatic rings. The van der Waals surface area contributed by atoms with Gasteiger partial charge in [0.05, 0.1) is 5.75 Å². The van der Waals surface area contributed by atoms with Gasteiger partial charge in [-0.05, 0) is 49.6 Å². The molecule has 1 heterocycles. The summed E-state index contributed by atoms with van der Waals surface area (Å²) in [5, 5.41) is 14.4. The van der Waals surface area contributed by atoms with Crippen LogP contribution in [0.25, 0.3) is 22.0 Å². The van der Waals surface area contributed by atoms with Gasteiger partial charge in [-0.3, -0.25) is 4.79 Å². The molecule has 162 valence electrons. The molecular formula is C26H24FN3OS. The average Bonchev–Trinajstić information content (AvgIpc) is 2.82. The molecule has 1 N–H and O–H groups in total. The maximum atomic E-state index is 13.3. The monoisotopic (exact) mass is 445 g/mol. The number of aryl methyl sites for hydroxylation is 1. The fraction of sp³-hybridized carbons (Fsp3) is 0.192. The highest BCUT2D eigenvalue weighted by Crippen LogP contribution is 2.31. The first-order chi connectivity index (χ1) is 15.6. The van der Waals surface area contributed by atoms with E-state index in [0.717, 1.165) is 29.2 Å². The van der Waals surface area contributed by atoms with Gasteiger partial charge in [0.1, 0.15) is 16.5 Å². The predicted octanol–water partition coefficient (Wildman–Crippen LogP) is 5.67. The second kappa shape index (κ2) is 10.4.